The molecule has 0 amide bonds. The summed E-state index contributed by atoms with van der Waals surface area (Å²) < 4.78 is 25.6. The van der Waals surface area contributed by atoms with Crippen LogP contribution in [0.3, 0.4) is 0 Å². The SMILES string of the molecule is NNC(CSc1ccc(F)cc1)c1ccc(F)cc1. The van der Waals surface area contributed by atoms with Crippen LogP contribution in [0.5, 0.6) is 0 Å². The predicted octanol–water partition coefficient (Wildman–Crippen LogP) is 3.26. The van der Waals surface area contributed by atoms with Crippen LogP contribution in [0.1, 0.15) is 11.6 Å². The molecule has 2 nitrogen and oxygen atoms in total. The van der Waals surface area contributed by atoms with Crippen molar-refractivity contribution in [2.45, 2.75) is 10.9 Å². The Labute approximate surface area is 115 Å². The van der Waals surface area contributed by atoms with E-state index >= 15 is 0 Å². The first-order valence-corrected chi connectivity index (χ1v) is 6.77. The van der Waals surface area contributed by atoms with Crippen LogP contribution in [0, 0.1) is 11.6 Å². The third-order valence-electron chi connectivity index (χ3n) is 2.70. The molecule has 0 saturated carbocycles. The summed E-state index contributed by atoms with van der Waals surface area (Å²) >= 11 is 1.56. The zero-order valence-electron chi connectivity index (χ0n) is 10.1. The molecule has 0 saturated heterocycles. The zero-order chi connectivity index (χ0) is 13.7. The second-order valence-electron chi connectivity index (χ2n) is 4.04. The van der Waals surface area contributed by atoms with Crippen LogP contribution < -0.4 is 11.3 Å². The largest absolute Gasteiger partial charge is 0.271 e. The van der Waals surface area contributed by atoms with Crippen molar-refractivity contribution >= 4 is 11.8 Å². The van der Waals surface area contributed by atoms with Crippen molar-refractivity contribution in [1.29, 1.82) is 0 Å². The first-order valence-electron chi connectivity index (χ1n) is 5.79. The molecular weight excluding hydrogens is 266 g/mol. The predicted molar refractivity (Wildman–Crippen MR) is 73.6 cm³/mol. The molecule has 1 atom stereocenters. The molecule has 2 aromatic carbocycles. The normalized spacial score (nSPS) is 12.4. The van der Waals surface area contributed by atoms with E-state index in [9.17, 15) is 8.78 Å². The molecule has 3 N–H and O–H groups in total. The number of hydrogen-bond acceptors (Lipinski definition) is 3. The number of halogens is 2. The minimum absolute atomic E-state index is 0.0874. The third-order valence-corrected chi connectivity index (χ3v) is 3.81. The van der Waals surface area contributed by atoms with Crippen LogP contribution in [0.25, 0.3) is 0 Å². The minimum Gasteiger partial charge on any atom is -0.271 e. The lowest BCUT2D eigenvalue weighted by Gasteiger charge is -2.15. The molecule has 0 radical (unpaired) electrons. The van der Waals surface area contributed by atoms with Crippen molar-refractivity contribution < 1.29 is 8.78 Å². The second kappa shape index (κ2) is 6.65. The molecule has 0 aliphatic carbocycles. The summed E-state index contributed by atoms with van der Waals surface area (Å²) in [7, 11) is 0. The number of nitrogens with one attached hydrogen (secondary N) is 1. The highest BCUT2D eigenvalue weighted by atomic mass is 32.2. The molecule has 0 aromatic heterocycles. The van der Waals surface area contributed by atoms with E-state index < -0.39 is 0 Å². The molecule has 0 heterocycles. The first-order chi connectivity index (χ1) is 9.19. The molecule has 0 aliphatic heterocycles. The molecule has 0 bridgehead atoms. The van der Waals surface area contributed by atoms with Crippen molar-refractivity contribution in [3.63, 3.8) is 0 Å². The van der Waals surface area contributed by atoms with Crippen molar-refractivity contribution in [2.24, 2.45) is 5.84 Å². The lowest BCUT2D eigenvalue weighted by Crippen LogP contribution is -2.29. The van der Waals surface area contributed by atoms with E-state index in [-0.39, 0.29) is 17.7 Å². The molecule has 100 valence electrons. The van der Waals surface area contributed by atoms with Crippen molar-refractivity contribution in [3.8, 4) is 0 Å². The van der Waals surface area contributed by atoms with Crippen LogP contribution in [0.15, 0.2) is 53.4 Å². The second-order valence-corrected chi connectivity index (χ2v) is 5.13. The van der Waals surface area contributed by atoms with Crippen LogP contribution in [0.2, 0.25) is 0 Å². The van der Waals surface area contributed by atoms with Gasteiger partial charge in [-0.25, -0.2) is 8.78 Å². The fourth-order valence-electron chi connectivity index (χ4n) is 1.65. The van der Waals surface area contributed by atoms with Gasteiger partial charge in [-0.05, 0) is 42.0 Å². The van der Waals surface area contributed by atoms with Crippen LogP contribution >= 0.6 is 11.8 Å². The first kappa shape index (κ1) is 14.0. The summed E-state index contributed by atoms with van der Waals surface area (Å²) in [6.07, 6.45) is 0. The molecule has 19 heavy (non-hydrogen) atoms. The van der Waals surface area contributed by atoms with Crippen molar-refractivity contribution in [2.75, 3.05) is 5.75 Å². The average molecular weight is 280 g/mol. The molecule has 2 rings (SSSR count). The Balaban J connectivity index is 1.99. The maximum atomic E-state index is 12.9. The smallest absolute Gasteiger partial charge is 0.123 e. The summed E-state index contributed by atoms with van der Waals surface area (Å²) in [5.41, 5.74) is 3.62. The Morgan fingerprint density at radius 3 is 2.00 bits per heavy atom. The van der Waals surface area contributed by atoms with Gasteiger partial charge < -0.3 is 0 Å². The summed E-state index contributed by atoms with van der Waals surface area (Å²) in [5, 5.41) is 0. The van der Waals surface area contributed by atoms with Gasteiger partial charge in [0.2, 0.25) is 0 Å². The standard InChI is InChI=1S/C14H14F2N2S/c15-11-3-1-10(2-4-11)14(18-17)9-19-13-7-5-12(16)6-8-13/h1-8,14,18H,9,17H2. The van der Waals surface area contributed by atoms with E-state index in [1.807, 2.05) is 0 Å². The van der Waals surface area contributed by atoms with Crippen molar-refractivity contribution in [3.05, 3.63) is 65.7 Å². The highest BCUT2D eigenvalue weighted by Gasteiger charge is 2.10. The van der Waals surface area contributed by atoms with Gasteiger partial charge in [-0.3, -0.25) is 11.3 Å². The van der Waals surface area contributed by atoms with Gasteiger partial charge in [0.15, 0.2) is 0 Å². The van der Waals surface area contributed by atoms with E-state index in [0.717, 1.165) is 10.5 Å². The van der Waals surface area contributed by atoms with Crippen LogP contribution in [0.4, 0.5) is 8.78 Å². The van der Waals surface area contributed by atoms with Gasteiger partial charge in [0.05, 0.1) is 6.04 Å². The van der Waals surface area contributed by atoms with E-state index in [0.29, 0.717) is 5.75 Å². The van der Waals surface area contributed by atoms with E-state index in [4.69, 9.17) is 5.84 Å². The third kappa shape index (κ3) is 4.02. The summed E-state index contributed by atoms with van der Waals surface area (Å²) in [6.45, 7) is 0. The maximum absolute atomic E-state index is 12.9. The fourth-order valence-corrected chi connectivity index (χ4v) is 2.62. The molecule has 2 aromatic rings. The lowest BCUT2D eigenvalue weighted by atomic mass is 10.1. The van der Waals surface area contributed by atoms with Crippen LogP contribution in [-0.2, 0) is 0 Å². The molecular formula is C14H14F2N2S. The Hall–Kier alpha value is -1.43. The summed E-state index contributed by atoms with van der Waals surface area (Å²) in [5.74, 6) is 5.66. The highest BCUT2D eigenvalue weighted by molar-refractivity contribution is 7.99. The molecule has 0 spiro atoms. The number of rotatable bonds is 5. The quantitative estimate of drug-likeness (QED) is 0.501. The Bertz CT molecular complexity index is 514. The number of nitrogens with two attached hydrogens (primary N) is 1. The average Bonchev–Trinajstić information content (AvgIpc) is 2.43. The Morgan fingerprint density at radius 2 is 1.47 bits per heavy atom. The Morgan fingerprint density at radius 1 is 0.947 bits per heavy atom. The van der Waals surface area contributed by atoms with Gasteiger partial charge in [0.1, 0.15) is 11.6 Å². The number of thioether (sulfide) groups is 1. The van der Waals surface area contributed by atoms with E-state index in [1.165, 1.54) is 24.3 Å². The van der Waals surface area contributed by atoms with Gasteiger partial charge >= 0.3 is 0 Å². The lowest BCUT2D eigenvalue weighted by molar-refractivity contribution is 0.601. The van der Waals surface area contributed by atoms with Gasteiger partial charge in [-0.1, -0.05) is 12.1 Å². The number of hydrogen-bond donors (Lipinski definition) is 2. The van der Waals surface area contributed by atoms with Gasteiger partial charge in [0, 0.05) is 10.6 Å². The fraction of sp³-hybridized carbons (Fsp3) is 0.143. The minimum atomic E-state index is -0.272. The van der Waals surface area contributed by atoms with E-state index in [2.05, 4.69) is 5.43 Å². The topological polar surface area (TPSA) is 38.0 Å². The summed E-state index contributed by atoms with van der Waals surface area (Å²) in [6, 6.07) is 12.4. The van der Waals surface area contributed by atoms with Gasteiger partial charge in [0.25, 0.3) is 0 Å². The molecule has 5 heteroatoms. The number of benzene rings is 2. The maximum Gasteiger partial charge on any atom is 0.123 e. The number of hydrazine groups is 1. The summed E-state index contributed by atoms with van der Waals surface area (Å²) in [4.78, 5) is 0.962. The van der Waals surface area contributed by atoms with Crippen LogP contribution in [-0.4, -0.2) is 5.75 Å². The van der Waals surface area contributed by atoms with Gasteiger partial charge in [-0.2, -0.15) is 0 Å². The van der Waals surface area contributed by atoms with Gasteiger partial charge in [-0.15, -0.1) is 11.8 Å². The highest BCUT2D eigenvalue weighted by Crippen LogP contribution is 2.24. The van der Waals surface area contributed by atoms with Crippen molar-refractivity contribution in [1.82, 2.24) is 5.43 Å². The zero-order valence-corrected chi connectivity index (χ0v) is 11.0. The monoisotopic (exact) mass is 280 g/mol. The Kier molecular flexibility index (Phi) is 4.90. The molecule has 1 unspecified atom stereocenters. The molecule has 0 fully saturated rings. The molecule has 0 aliphatic rings. The van der Waals surface area contributed by atoms with E-state index in [1.54, 1.807) is 36.0 Å².